The molecule has 0 saturated heterocycles. The molecule has 0 fully saturated rings. The van der Waals surface area contributed by atoms with Gasteiger partial charge >= 0.3 is 0 Å². The van der Waals surface area contributed by atoms with Gasteiger partial charge in [-0.2, -0.15) is 0 Å². The van der Waals surface area contributed by atoms with Gasteiger partial charge in [-0.25, -0.2) is 4.98 Å². The van der Waals surface area contributed by atoms with Crippen LogP contribution in [0.2, 0.25) is 0 Å². The Balaban J connectivity index is 1.69. The molecule has 2 N–H and O–H groups in total. The SMILES string of the molecule is C=CCn1c(SCc2ccc(C(N)=O)cc2)nc2sc3c(c2c1=O)CCCCC3. The highest BCUT2D eigenvalue weighted by atomic mass is 32.2. The highest BCUT2D eigenvalue weighted by Crippen LogP contribution is 2.34. The fourth-order valence-corrected chi connectivity index (χ4v) is 5.98. The van der Waals surface area contributed by atoms with Gasteiger partial charge in [0.05, 0.1) is 5.39 Å². The van der Waals surface area contributed by atoms with E-state index >= 15 is 0 Å². The molecule has 0 atom stereocenters. The van der Waals surface area contributed by atoms with Crippen molar-refractivity contribution in [2.75, 3.05) is 0 Å². The van der Waals surface area contributed by atoms with E-state index < -0.39 is 5.91 Å². The number of rotatable bonds is 6. The predicted molar refractivity (Wildman–Crippen MR) is 120 cm³/mol. The summed E-state index contributed by atoms with van der Waals surface area (Å²) in [4.78, 5) is 31.6. The Kier molecular flexibility index (Phi) is 5.87. The zero-order chi connectivity index (χ0) is 20.4. The van der Waals surface area contributed by atoms with Crippen molar-refractivity contribution in [3.8, 4) is 0 Å². The van der Waals surface area contributed by atoms with Gasteiger partial charge in [0.15, 0.2) is 5.16 Å². The van der Waals surface area contributed by atoms with Gasteiger partial charge < -0.3 is 5.73 Å². The van der Waals surface area contributed by atoms with E-state index in [1.807, 2.05) is 12.1 Å². The minimum atomic E-state index is -0.436. The third-order valence-corrected chi connectivity index (χ3v) is 7.44. The quantitative estimate of drug-likeness (QED) is 0.276. The smallest absolute Gasteiger partial charge is 0.263 e. The van der Waals surface area contributed by atoms with Crippen LogP contribution in [0.15, 0.2) is 46.9 Å². The van der Waals surface area contributed by atoms with Gasteiger partial charge in [-0.1, -0.05) is 36.4 Å². The van der Waals surface area contributed by atoms with Crippen LogP contribution in [0.3, 0.4) is 0 Å². The zero-order valence-electron chi connectivity index (χ0n) is 16.1. The van der Waals surface area contributed by atoms with Crippen LogP contribution in [0, 0.1) is 0 Å². The molecule has 1 aliphatic rings. The number of hydrogen-bond acceptors (Lipinski definition) is 5. The summed E-state index contributed by atoms with van der Waals surface area (Å²) in [5.41, 5.74) is 8.09. The molecule has 2 heterocycles. The van der Waals surface area contributed by atoms with E-state index in [1.54, 1.807) is 34.1 Å². The lowest BCUT2D eigenvalue weighted by Crippen LogP contribution is -2.23. The van der Waals surface area contributed by atoms with E-state index in [0.29, 0.717) is 23.0 Å². The van der Waals surface area contributed by atoms with Gasteiger partial charge in [0.25, 0.3) is 5.56 Å². The molecule has 1 aliphatic carbocycles. The van der Waals surface area contributed by atoms with Crippen LogP contribution < -0.4 is 11.3 Å². The minimum Gasteiger partial charge on any atom is -0.366 e. The van der Waals surface area contributed by atoms with Crippen molar-refractivity contribution in [2.45, 2.75) is 49.6 Å². The molecule has 1 aromatic carbocycles. The van der Waals surface area contributed by atoms with Crippen molar-refractivity contribution in [1.82, 2.24) is 9.55 Å². The molecule has 0 spiro atoms. The number of amides is 1. The lowest BCUT2D eigenvalue weighted by atomic mass is 10.1. The first kappa shape index (κ1) is 19.9. The molecule has 1 amide bonds. The summed E-state index contributed by atoms with van der Waals surface area (Å²) in [5, 5.41) is 1.52. The van der Waals surface area contributed by atoms with E-state index in [2.05, 4.69) is 6.58 Å². The highest BCUT2D eigenvalue weighted by Gasteiger charge is 2.21. The Morgan fingerprint density at radius 1 is 1.24 bits per heavy atom. The summed E-state index contributed by atoms with van der Waals surface area (Å²) < 4.78 is 1.73. The molecule has 0 saturated carbocycles. The Labute approximate surface area is 177 Å². The van der Waals surface area contributed by atoms with Crippen LogP contribution in [0.5, 0.6) is 0 Å². The van der Waals surface area contributed by atoms with Crippen molar-refractivity contribution in [2.24, 2.45) is 5.73 Å². The number of benzene rings is 1. The first-order valence-electron chi connectivity index (χ1n) is 9.76. The maximum absolute atomic E-state index is 13.3. The zero-order valence-corrected chi connectivity index (χ0v) is 17.8. The van der Waals surface area contributed by atoms with Gasteiger partial charge in [-0.05, 0) is 48.9 Å². The summed E-state index contributed by atoms with van der Waals surface area (Å²) in [6, 6.07) is 7.22. The topological polar surface area (TPSA) is 78.0 Å². The number of thiophene rings is 1. The molecule has 3 aromatic rings. The monoisotopic (exact) mass is 425 g/mol. The number of nitrogens with two attached hydrogens (primary N) is 1. The largest absolute Gasteiger partial charge is 0.366 e. The van der Waals surface area contributed by atoms with Gasteiger partial charge in [0, 0.05) is 22.7 Å². The first-order valence-corrected chi connectivity index (χ1v) is 11.6. The molecule has 0 aliphatic heterocycles. The van der Waals surface area contributed by atoms with E-state index in [-0.39, 0.29) is 5.56 Å². The lowest BCUT2D eigenvalue weighted by molar-refractivity contribution is 0.100. The number of carbonyl (C=O) groups is 1. The van der Waals surface area contributed by atoms with Crippen molar-refractivity contribution >= 4 is 39.2 Å². The molecule has 2 aromatic heterocycles. The fourth-order valence-electron chi connectivity index (χ4n) is 3.71. The third-order valence-electron chi connectivity index (χ3n) is 5.21. The minimum absolute atomic E-state index is 0.0425. The molecule has 7 heteroatoms. The number of aryl methyl sites for hydroxylation is 2. The van der Waals surface area contributed by atoms with Crippen molar-refractivity contribution < 1.29 is 4.79 Å². The average molecular weight is 426 g/mol. The highest BCUT2D eigenvalue weighted by molar-refractivity contribution is 7.98. The first-order chi connectivity index (χ1) is 14.1. The maximum Gasteiger partial charge on any atom is 0.263 e. The summed E-state index contributed by atoms with van der Waals surface area (Å²) in [6.07, 6.45) is 7.30. The fraction of sp³-hybridized carbons (Fsp3) is 0.318. The molecule has 4 rings (SSSR count). The van der Waals surface area contributed by atoms with Gasteiger partial charge in [0.2, 0.25) is 5.91 Å². The second kappa shape index (κ2) is 8.55. The van der Waals surface area contributed by atoms with Gasteiger partial charge in [-0.15, -0.1) is 17.9 Å². The maximum atomic E-state index is 13.3. The van der Waals surface area contributed by atoms with E-state index in [1.165, 1.54) is 35.0 Å². The number of aromatic nitrogens is 2. The van der Waals surface area contributed by atoms with Crippen LogP contribution in [0.25, 0.3) is 10.2 Å². The summed E-state index contributed by atoms with van der Waals surface area (Å²) in [5.74, 6) is 0.216. The van der Waals surface area contributed by atoms with Crippen molar-refractivity contribution in [3.63, 3.8) is 0 Å². The lowest BCUT2D eigenvalue weighted by Gasteiger charge is -2.11. The molecule has 29 heavy (non-hydrogen) atoms. The molecule has 0 bridgehead atoms. The third kappa shape index (κ3) is 4.02. The van der Waals surface area contributed by atoms with Gasteiger partial charge in [-0.3, -0.25) is 14.2 Å². The van der Waals surface area contributed by atoms with Gasteiger partial charge in [0.1, 0.15) is 4.83 Å². The normalized spacial score (nSPS) is 13.8. The number of thioether (sulfide) groups is 1. The second-order valence-corrected chi connectivity index (χ2v) is 9.22. The van der Waals surface area contributed by atoms with Crippen LogP contribution >= 0.6 is 23.1 Å². The Bertz CT molecular complexity index is 1130. The number of primary amides is 1. The standard InChI is InChI=1S/C22H23N3O2S2/c1-2-12-25-21(27)18-16-6-4-3-5-7-17(16)29-20(18)24-22(25)28-13-14-8-10-15(11-9-14)19(23)26/h2,8-11H,1,3-7,12-13H2,(H2,23,26). The molecule has 0 radical (unpaired) electrons. The van der Waals surface area contributed by atoms with Crippen LogP contribution in [-0.4, -0.2) is 15.5 Å². The van der Waals surface area contributed by atoms with Crippen LogP contribution in [-0.2, 0) is 25.1 Å². The second-order valence-electron chi connectivity index (χ2n) is 7.19. The molecule has 0 unspecified atom stereocenters. The molecular formula is C22H23N3O2S2. The van der Waals surface area contributed by atoms with Crippen LogP contribution in [0.1, 0.15) is 45.6 Å². The van der Waals surface area contributed by atoms with E-state index in [0.717, 1.165) is 35.0 Å². The number of nitrogens with zero attached hydrogens (tertiary/aromatic N) is 2. The Morgan fingerprint density at radius 2 is 2.00 bits per heavy atom. The van der Waals surface area contributed by atoms with Crippen molar-refractivity contribution in [3.05, 3.63) is 68.8 Å². The van der Waals surface area contributed by atoms with E-state index in [9.17, 15) is 9.59 Å². The average Bonchev–Trinajstić information content (AvgIpc) is 2.90. The molecular weight excluding hydrogens is 402 g/mol. The van der Waals surface area contributed by atoms with Crippen LogP contribution in [0.4, 0.5) is 0 Å². The number of allylic oxidation sites excluding steroid dienone is 1. The predicted octanol–water partition coefficient (Wildman–Crippen LogP) is 4.30. The summed E-state index contributed by atoms with van der Waals surface area (Å²) in [6.45, 7) is 4.25. The van der Waals surface area contributed by atoms with E-state index in [4.69, 9.17) is 10.7 Å². The number of hydrogen-bond donors (Lipinski definition) is 1. The summed E-state index contributed by atoms with van der Waals surface area (Å²) in [7, 11) is 0. The Morgan fingerprint density at radius 3 is 2.72 bits per heavy atom. The number of carbonyl (C=O) groups excluding carboxylic acids is 1. The Hall–Kier alpha value is -2.38. The number of fused-ring (bicyclic) bond motifs is 3. The van der Waals surface area contributed by atoms with Crippen molar-refractivity contribution in [1.29, 1.82) is 0 Å². The molecule has 150 valence electrons. The summed E-state index contributed by atoms with van der Waals surface area (Å²) >= 11 is 3.21. The molecule has 5 nitrogen and oxygen atoms in total.